The minimum atomic E-state index is -0.182. The van der Waals surface area contributed by atoms with Crippen LogP contribution in [0.2, 0.25) is 0 Å². The standard InChI is InChI=1S/C18H22N4O/c1-14-3-5-15(6-4-14)20-18(23)17-8-7-16(13-19-17)22-11-9-21(2)10-12-22/h3-8,13H,9-12H2,1-2H3,(H,20,23). The number of aryl methyl sites for hydroxylation is 1. The molecule has 3 rings (SSSR count). The zero-order valence-electron chi connectivity index (χ0n) is 13.6. The van der Waals surface area contributed by atoms with E-state index in [9.17, 15) is 4.79 Å². The summed E-state index contributed by atoms with van der Waals surface area (Å²) < 4.78 is 0. The van der Waals surface area contributed by atoms with E-state index in [0.29, 0.717) is 5.69 Å². The Hall–Kier alpha value is -2.40. The van der Waals surface area contributed by atoms with Gasteiger partial charge in [-0.1, -0.05) is 17.7 Å². The summed E-state index contributed by atoms with van der Waals surface area (Å²) in [4.78, 5) is 21.2. The first-order chi connectivity index (χ1) is 11.1. The highest BCUT2D eigenvalue weighted by Gasteiger charge is 2.15. The molecule has 1 aromatic heterocycles. The van der Waals surface area contributed by atoms with Crippen molar-refractivity contribution in [3.05, 3.63) is 53.9 Å². The Morgan fingerprint density at radius 3 is 2.35 bits per heavy atom. The molecule has 1 saturated heterocycles. The molecule has 1 aromatic carbocycles. The maximum Gasteiger partial charge on any atom is 0.274 e. The monoisotopic (exact) mass is 310 g/mol. The lowest BCUT2D eigenvalue weighted by atomic mass is 10.2. The Balaban J connectivity index is 1.64. The minimum absolute atomic E-state index is 0.182. The van der Waals surface area contributed by atoms with Gasteiger partial charge in [0.05, 0.1) is 11.9 Å². The van der Waals surface area contributed by atoms with E-state index in [1.807, 2.05) is 37.3 Å². The van der Waals surface area contributed by atoms with Crippen LogP contribution in [0.25, 0.3) is 0 Å². The first kappa shape index (κ1) is 15.5. The second-order valence-electron chi connectivity index (χ2n) is 6.01. The fourth-order valence-electron chi connectivity index (χ4n) is 2.60. The molecule has 0 unspecified atom stereocenters. The van der Waals surface area contributed by atoms with Gasteiger partial charge in [-0.3, -0.25) is 4.79 Å². The van der Waals surface area contributed by atoms with Crippen LogP contribution in [0.4, 0.5) is 11.4 Å². The number of aromatic nitrogens is 1. The van der Waals surface area contributed by atoms with Crippen molar-refractivity contribution in [2.24, 2.45) is 0 Å². The predicted octanol–water partition coefficient (Wildman–Crippen LogP) is 2.39. The number of benzene rings is 1. The van der Waals surface area contributed by atoms with Gasteiger partial charge in [0.15, 0.2) is 0 Å². The van der Waals surface area contributed by atoms with Crippen LogP contribution < -0.4 is 10.2 Å². The summed E-state index contributed by atoms with van der Waals surface area (Å²) in [5, 5.41) is 2.87. The number of hydrogen-bond donors (Lipinski definition) is 1. The van der Waals surface area contributed by atoms with E-state index in [1.54, 1.807) is 12.3 Å². The van der Waals surface area contributed by atoms with Crippen molar-refractivity contribution in [2.45, 2.75) is 6.92 Å². The van der Waals surface area contributed by atoms with Crippen LogP contribution in [0.5, 0.6) is 0 Å². The number of anilines is 2. The average Bonchev–Trinajstić information content (AvgIpc) is 2.58. The maximum absolute atomic E-state index is 12.2. The molecule has 2 heterocycles. The van der Waals surface area contributed by atoms with Gasteiger partial charge in [-0.25, -0.2) is 4.98 Å². The van der Waals surface area contributed by atoms with Crippen molar-refractivity contribution in [1.29, 1.82) is 0 Å². The molecule has 0 aliphatic carbocycles. The van der Waals surface area contributed by atoms with Crippen LogP contribution >= 0.6 is 0 Å². The Morgan fingerprint density at radius 1 is 1.04 bits per heavy atom. The van der Waals surface area contributed by atoms with Crippen molar-refractivity contribution < 1.29 is 4.79 Å². The van der Waals surface area contributed by atoms with Gasteiger partial charge in [0.2, 0.25) is 0 Å². The number of nitrogens with zero attached hydrogens (tertiary/aromatic N) is 3. The van der Waals surface area contributed by atoms with Gasteiger partial charge in [-0.2, -0.15) is 0 Å². The third kappa shape index (κ3) is 3.87. The number of carbonyl (C=O) groups excluding carboxylic acids is 1. The van der Waals surface area contributed by atoms with E-state index in [4.69, 9.17) is 0 Å². The van der Waals surface area contributed by atoms with Crippen molar-refractivity contribution >= 4 is 17.3 Å². The van der Waals surface area contributed by atoms with Gasteiger partial charge in [0.1, 0.15) is 5.69 Å². The van der Waals surface area contributed by atoms with Gasteiger partial charge in [0, 0.05) is 31.9 Å². The normalized spacial score (nSPS) is 15.5. The fourth-order valence-corrected chi connectivity index (χ4v) is 2.60. The summed E-state index contributed by atoms with van der Waals surface area (Å²) in [7, 11) is 2.13. The number of piperazine rings is 1. The summed E-state index contributed by atoms with van der Waals surface area (Å²) in [5.41, 5.74) is 3.46. The van der Waals surface area contributed by atoms with E-state index in [2.05, 4.69) is 27.1 Å². The molecule has 0 spiro atoms. The molecule has 1 fully saturated rings. The third-order valence-corrected chi connectivity index (χ3v) is 4.16. The smallest absolute Gasteiger partial charge is 0.274 e. The Kier molecular flexibility index (Phi) is 4.57. The molecule has 1 amide bonds. The van der Waals surface area contributed by atoms with Crippen molar-refractivity contribution in [3.63, 3.8) is 0 Å². The van der Waals surface area contributed by atoms with E-state index < -0.39 is 0 Å². The highest BCUT2D eigenvalue weighted by molar-refractivity contribution is 6.02. The van der Waals surface area contributed by atoms with Gasteiger partial charge in [-0.05, 0) is 38.2 Å². The molecule has 1 aliphatic rings. The molecule has 0 bridgehead atoms. The molecular weight excluding hydrogens is 288 g/mol. The number of likely N-dealkylation sites (N-methyl/N-ethyl adjacent to an activating group) is 1. The zero-order chi connectivity index (χ0) is 16.2. The van der Waals surface area contributed by atoms with Gasteiger partial charge < -0.3 is 15.1 Å². The molecule has 0 atom stereocenters. The summed E-state index contributed by atoms with van der Waals surface area (Å²) in [5.74, 6) is -0.182. The van der Waals surface area contributed by atoms with Crippen LogP contribution in [0.15, 0.2) is 42.6 Å². The molecular formula is C18H22N4O. The first-order valence-corrected chi connectivity index (χ1v) is 7.89. The van der Waals surface area contributed by atoms with E-state index in [1.165, 1.54) is 0 Å². The summed E-state index contributed by atoms with van der Waals surface area (Å²) in [6.45, 7) is 6.11. The summed E-state index contributed by atoms with van der Waals surface area (Å²) >= 11 is 0. The van der Waals surface area contributed by atoms with Gasteiger partial charge in [0.25, 0.3) is 5.91 Å². The number of nitrogens with one attached hydrogen (secondary N) is 1. The Bertz CT molecular complexity index is 658. The van der Waals surface area contributed by atoms with Crippen LogP contribution in [0.3, 0.4) is 0 Å². The summed E-state index contributed by atoms with van der Waals surface area (Å²) in [6, 6.07) is 11.5. The van der Waals surface area contributed by atoms with Crippen LogP contribution in [-0.4, -0.2) is 49.0 Å². The topological polar surface area (TPSA) is 48.5 Å². The molecule has 0 radical (unpaired) electrons. The second-order valence-corrected chi connectivity index (χ2v) is 6.01. The SMILES string of the molecule is Cc1ccc(NC(=O)c2ccc(N3CCN(C)CC3)cn2)cc1. The first-order valence-electron chi connectivity index (χ1n) is 7.89. The lowest BCUT2D eigenvalue weighted by Crippen LogP contribution is -2.44. The average molecular weight is 310 g/mol. The number of pyridine rings is 1. The van der Waals surface area contributed by atoms with E-state index in [0.717, 1.165) is 43.1 Å². The zero-order valence-corrected chi connectivity index (χ0v) is 13.6. The minimum Gasteiger partial charge on any atom is -0.368 e. The lowest BCUT2D eigenvalue weighted by molar-refractivity contribution is 0.102. The molecule has 5 nitrogen and oxygen atoms in total. The fraction of sp³-hybridized carbons (Fsp3) is 0.333. The van der Waals surface area contributed by atoms with Crippen molar-refractivity contribution in [2.75, 3.05) is 43.4 Å². The number of hydrogen-bond acceptors (Lipinski definition) is 4. The molecule has 1 aliphatic heterocycles. The third-order valence-electron chi connectivity index (χ3n) is 4.16. The summed E-state index contributed by atoms with van der Waals surface area (Å²) in [6.07, 6.45) is 1.79. The quantitative estimate of drug-likeness (QED) is 0.946. The van der Waals surface area contributed by atoms with Crippen molar-refractivity contribution in [3.8, 4) is 0 Å². The van der Waals surface area contributed by atoms with Crippen LogP contribution in [0, 0.1) is 6.92 Å². The van der Waals surface area contributed by atoms with E-state index in [-0.39, 0.29) is 5.91 Å². The van der Waals surface area contributed by atoms with Gasteiger partial charge in [-0.15, -0.1) is 0 Å². The lowest BCUT2D eigenvalue weighted by Gasteiger charge is -2.33. The van der Waals surface area contributed by atoms with Gasteiger partial charge >= 0.3 is 0 Å². The molecule has 1 N–H and O–H groups in total. The number of rotatable bonds is 3. The van der Waals surface area contributed by atoms with E-state index >= 15 is 0 Å². The largest absolute Gasteiger partial charge is 0.368 e. The Labute approximate surface area is 136 Å². The molecule has 0 saturated carbocycles. The number of amides is 1. The molecule has 2 aromatic rings. The highest BCUT2D eigenvalue weighted by atomic mass is 16.1. The maximum atomic E-state index is 12.2. The highest BCUT2D eigenvalue weighted by Crippen LogP contribution is 2.16. The molecule has 5 heteroatoms. The van der Waals surface area contributed by atoms with Crippen LogP contribution in [-0.2, 0) is 0 Å². The van der Waals surface area contributed by atoms with Crippen molar-refractivity contribution in [1.82, 2.24) is 9.88 Å². The molecule has 23 heavy (non-hydrogen) atoms. The predicted molar refractivity (Wildman–Crippen MR) is 93.1 cm³/mol. The number of carbonyl (C=O) groups is 1. The second kappa shape index (κ2) is 6.79. The van der Waals surface area contributed by atoms with Crippen LogP contribution in [0.1, 0.15) is 16.1 Å². The molecule has 120 valence electrons. The Morgan fingerprint density at radius 2 is 1.74 bits per heavy atom.